The average Bonchev–Trinajstić information content (AvgIpc) is 3.04. The van der Waals surface area contributed by atoms with E-state index in [-0.39, 0.29) is 24.4 Å². The number of rotatable bonds is 3. The van der Waals surface area contributed by atoms with Crippen molar-refractivity contribution in [2.24, 2.45) is 17.6 Å². The predicted octanol–water partition coefficient (Wildman–Crippen LogP) is 0.683. The molecular weight excluding hydrogens is 308 g/mol. The second-order valence-electron chi connectivity index (χ2n) is 7.82. The minimum Gasteiger partial charge on any atom is -0.338 e. The molecule has 7 heteroatoms. The van der Waals surface area contributed by atoms with Crippen LogP contribution in [0.5, 0.6) is 0 Å². The van der Waals surface area contributed by atoms with Crippen LogP contribution in [-0.4, -0.2) is 58.9 Å². The van der Waals surface area contributed by atoms with Gasteiger partial charge in [-0.1, -0.05) is 6.92 Å². The van der Waals surface area contributed by atoms with Crippen LogP contribution in [0.25, 0.3) is 0 Å². The maximum atomic E-state index is 12.8. The van der Waals surface area contributed by atoms with Crippen LogP contribution in [0.4, 0.5) is 4.79 Å². The maximum absolute atomic E-state index is 12.8. The Morgan fingerprint density at radius 3 is 2.54 bits per heavy atom. The lowest BCUT2D eigenvalue weighted by molar-refractivity contribution is -0.140. The van der Waals surface area contributed by atoms with E-state index in [9.17, 15) is 14.4 Å². The van der Waals surface area contributed by atoms with Crippen LogP contribution < -0.4 is 11.1 Å². The highest BCUT2D eigenvalue weighted by Crippen LogP contribution is 2.36. The monoisotopic (exact) mass is 336 g/mol. The van der Waals surface area contributed by atoms with Crippen LogP contribution in [0.15, 0.2) is 0 Å². The third-order valence-corrected chi connectivity index (χ3v) is 5.98. The molecule has 2 aliphatic heterocycles. The van der Waals surface area contributed by atoms with Gasteiger partial charge in [-0.3, -0.25) is 14.5 Å². The van der Waals surface area contributed by atoms with Gasteiger partial charge in [0, 0.05) is 12.6 Å². The highest BCUT2D eigenvalue weighted by atomic mass is 16.2. The van der Waals surface area contributed by atoms with E-state index in [0.717, 1.165) is 24.2 Å². The molecule has 3 fully saturated rings. The Morgan fingerprint density at radius 1 is 1.29 bits per heavy atom. The molecule has 1 saturated carbocycles. The highest BCUT2D eigenvalue weighted by Gasteiger charge is 2.52. The van der Waals surface area contributed by atoms with Gasteiger partial charge in [0.15, 0.2) is 0 Å². The zero-order valence-electron chi connectivity index (χ0n) is 14.6. The van der Waals surface area contributed by atoms with E-state index in [2.05, 4.69) is 12.2 Å². The van der Waals surface area contributed by atoms with Crippen LogP contribution in [0.2, 0.25) is 0 Å². The van der Waals surface area contributed by atoms with Gasteiger partial charge in [-0.05, 0) is 57.4 Å². The Morgan fingerprint density at radius 2 is 1.96 bits per heavy atom. The molecule has 2 unspecified atom stereocenters. The van der Waals surface area contributed by atoms with Gasteiger partial charge >= 0.3 is 6.03 Å². The second kappa shape index (κ2) is 6.35. The van der Waals surface area contributed by atoms with Crippen molar-refractivity contribution in [2.45, 2.75) is 57.5 Å². The summed E-state index contributed by atoms with van der Waals surface area (Å²) in [5.74, 6) is 0.492. The van der Waals surface area contributed by atoms with Crippen molar-refractivity contribution in [3.05, 3.63) is 0 Å². The summed E-state index contributed by atoms with van der Waals surface area (Å²) >= 11 is 0. The highest BCUT2D eigenvalue weighted by molar-refractivity contribution is 6.09. The quantitative estimate of drug-likeness (QED) is 0.741. The fraction of sp³-hybridized carbons (Fsp3) is 0.824. The lowest BCUT2D eigenvalue weighted by atomic mass is 9.77. The van der Waals surface area contributed by atoms with E-state index >= 15 is 0 Å². The van der Waals surface area contributed by atoms with Gasteiger partial charge < -0.3 is 16.0 Å². The largest absolute Gasteiger partial charge is 0.338 e. The smallest absolute Gasteiger partial charge is 0.325 e. The lowest BCUT2D eigenvalue weighted by Gasteiger charge is -2.33. The Kier molecular flexibility index (Phi) is 4.55. The zero-order valence-corrected chi connectivity index (χ0v) is 14.6. The summed E-state index contributed by atoms with van der Waals surface area (Å²) < 4.78 is 0. The first kappa shape index (κ1) is 17.2. The molecule has 1 aliphatic carbocycles. The number of nitrogens with one attached hydrogen (secondary N) is 1. The molecule has 3 N–H and O–H groups in total. The van der Waals surface area contributed by atoms with Crippen molar-refractivity contribution in [1.82, 2.24) is 15.1 Å². The first-order valence-corrected chi connectivity index (χ1v) is 9.00. The fourth-order valence-corrected chi connectivity index (χ4v) is 4.30. The first-order chi connectivity index (χ1) is 11.4. The van der Waals surface area contributed by atoms with Crippen LogP contribution >= 0.6 is 0 Å². The van der Waals surface area contributed by atoms with Crippen molar-refractivity contribution in [2.75, 3.05) is 19.6 Å². The zero-order chi connectivity index (χ0) is 17.5. The van der Waals surface area contributed by atoms with E-state index < -0.39 is 11.6 Å². The normalized spacial score (nSPS) is 36.5. The molecule has 2 heterocycles. The van der Waals surface area contributed by atoms with Gasteiger partial charge in [0.25, 0.3) is 5.91 Å². The minimum absolute atomic E-state index is 0.108. The van der Waals surface area contributed by atoms with Crippen LogP contribution in [0, 0.1) is 11.8 Å². The fourth-order valence-electron chi connectivity index (χ4n) is 4.30. The average molecular weight is 336 g/mol. The van der Waals surface area contributed by atoms with Crippen molar-refractivity contribution >= 4 is 17.8 Å². The van der Waals surface area contributed by atoms with Crippen molar-refractivity contribution in [3.63, 3.8) is 0 Å². The van der Waals surface area contributed by atoms with E-state index in [1.807, 2.05) is 6.92 Å². The topological polar surface area (TPSA) is 95.7 Å². The number of nitrogens with two attached hydrogens (primary N) is 1. The van der Waals surface area contributed by atoms with Crippen molar-refractivity contribution in [3.8, 4) is 0 Å². The van der Waals surface area contributed by atoms with Crippen LogP contribution in [0.3, 0.4) is 0 Å². The van der Waals surface area contributed by atoms with Gasteiger partial charge in [0.05, 0.1) is 0 Å². The molecule has 3 aliphatic rings. The third kappa shape index (κ3) is 2.90. The maximum Gasteiger partial charge on any atom is 0.325 e. The molecule has 3 rings (SSSR count). The van der Waals surface area contributed by atoms with Gasteiger partial charge in [-0.15, -0.1) is 0 Å². The molecule has 2 saturated heterocycles. The number of hydrogen-bond donors (Lipinski definition) is 2. The summed E-state index contributed by atoms with van der Waals surface area (Å²) in [6.07, 6.45) is 4.06. The van der Waals surface area contributed by atoms with Crippen molar-refractivity contribution < 1.29 is 14.4 Å². The van der Waals surface area contributed by atoms with E-state index in [4.69, 9.17) is 5.73 Å². The molecule has 0 aromatic heterocycles. The first-order valence-electron chi connectivity index (χ1n) is 9.00. The molecule has 1 spiro atoms. The molecule has 2 atom stereocenters. The molecular formula is C17H28N4O3. The number of carbonyl (C=O) groups excluding carboxylic acids is 3. The minimum atomic E-state index is -0.777. The number of imide groups is 1. The standard InChI is InChI=1S/C17H28N4O3/c1-11-3-5-17(6-4-11)15(23)21(16(24)19-17)10-14(22)20-9-13(8-18)7-12(20)2/h11-13H,3-10,18H2,1-2H3,(H,19,24). The summed E-state index contributed by atoms with van der Waals surface area (Å²) in [6, 6.07) is -0.318. The molecule has 0 bridgehead atoms. The summed E-state index contributed by atoms with van der Waals surface area (Å²) in [5.41, 5.74) is 4.93. The van der Waals surface area contributed by atoms with Crippen LogP contribution in [-0.2, 0) is 9.59 Å². The summed E-state index contributed by atoms with van der Waals surface area (Å²) in [6.45, 7) is 5.16. The number of hydrogen-bond acceptors (Lipinski definition) is 4. The predicted molar refractivity (Wildman–Crippen MR) is 88.9 cm³/mol. The summed E-state index contributed by atoms with van der Waals surface area (Å²) in [7, 11) is 0. The molecule has 4 amide bonds. The summed E-state index contributed by atoms with van der Waals surface area (Å²) in [5, 5.41) is 2.86. The lowest BCUT2D eigenvalue weighted by Crippen LogP contribution is -2.50. The summed E-state index contributed by atoms with van der Waals surface area (Å²) in [4.78, 5) is 40.6. The second-order valence-corrected chi connectivity index (χ2v) is 7.82. The van der Waals surface area contributed by atoms with Gasteiger partial charge in [-0.25, -0.2) is 4.79 Å². The Hall–Kier alpha value is -1.63. The molecule has 0 aromatic rings. The van der Waals surface area contributed by atoms with Crippen LogP contribution in [0.1, 0.15) is 46.0 Å². The van der Waals surface area contributed by atoms with Gasteiger partial charge in [0.2, 0.25) is 5.91 Å². The van der Waals surface area contributed by atoms with Crippen molar-refractivity contribution in [1.29, 1.82) is 0 Å². The SMILES string of the molecule is CC1CCC2(CC1)NC(=O)N(CC(=O)N1CC(CN)CC1C)C2=O. The molecule has 24 heavy (non-hydrogen) atoms. The Labute approximate surface area is 142 Å². The number of nitrogens with zero attached hydrogens (tertiary/aromatic N) is 2. The Balaban J connectivity index is 1.66. The van der Waals surface area contributed by atoms with Gasteiger partial charge in [0.1, 0.15) is 12.1 Å². The number of urea groups is 1. The van der Waals surface area contributed by atoms with E-state index in [1.54, 1.807) is 4.90 Å². The Bertz CT molecular complexity index is 542. The number of amides is 4. The third-order valence-electron chi connectivity index (χ3n) is 5.98. The van der Waals surface area contributed by atoms with Gasteiger partial charge in [-0.2, -0.15) is 0 Å². The molecule has 0 aromatic carbocycles. The van der Waals surface area contributed by atoms with E-state index in [0.29, 0.717) is 37.8 Å². The van der Waals surface area contributed by atoms with E-state index in [1.165, 1.54) is 0 Å². The number of likely N-dealkylation sites (tertiary alicyclic amines) is 1. The molecule has 0 radical (unpaired) electrons. The molecule has 134 valence electrons. The molecule has 7 nitrogen and oxygen atoms in total. The number of carbonyl (C=O) groups is 3.